The molecular weight excluding hydrogens is 281 g/mol. The predicted octanol–water partition coefficient (Wildman–Crippen LogP) is 3.18. The van der Waals surface area contributed by atoms with Crippen molar-refractivity contribution in [3.05, 3.63) is 35.4 Å². The molecule has 0 aliphatic carbocycles. The molecule has 0 unspecified atom stereocenters. The standard InChI is InChI=1S/C15H21F3N2O/c1-14(2,20)9-3-4-12(13(19)21)10-5-7-11(8-6-10)15(16,17)18/h5-8,12H,3-4,9,20H2,1-2H3,(H2,19,21)/t12-/m1/s1. The third kappa shape index (κ3) is 5.75. The molecule has 0 bridgehead atoms. The van der Waals surface area contributed by atoms with E-state index in [1.165, 1.54) is 12.1 Å². The molecule has 1 amide bonds. The molecule has 0 aromatic heterocycles. The minimum atomic E-state index is -4.38. The molecule has 0 heterocycles. The molecule has 1 aromatic rings. The Labute approximate surface area is 122 Å². The topological polar surface area (TPSA) is 69.1 Å². The first-order valence-electron chi connectivity index (χ1n) is 6.76. The van der Waals surface area contributed by atoms with Crippen LogP contribution in [0.25, 0.3) is 0 Å². The molecule has 118 valence electrons. The fourth-order valence-corrected chi connectivity index (χ4v) is 2.14. The third-order valence-electron chi connectivity index (χ3n) is 3.30. The van der Waals surface area contributed by atoms with Gasteiger partial charge in [-0.05, 0) is 44.4 Å². The lowest BCUT2D eigenvalue weighted by Crippen LogP contribution is -2.32. The molecule has 0 saturated heterocycles. The summed E-state index contributed by atoms with van der Waals surface area (Å²) in [6.45, 7) is 3.76. The quantitative estimate of drug-likeness (QED) is 0.847. The maximum Gasteiger partial charge on any atom is 0.416 e. The molecule has 0 saturated carbocycles. The maximum absolute atomic E-state index is 12.5. The van der Waals surface area contributed by atoms with Gasteiger partial charge >= 0.3 is 6.18 Å². The lowest BCUT2D eigenvalue weighted by atomic mass is 9.89. The van der Waals surface area contributed by atoms with Crippen molar-refractivity contribution in [3.63, 3.8) is 0 Å². The lowest BCUT2D eigenvalue weighted by Gasteiger charge is -2.20. The van der Waals surface area contributed by atoms with Gasteiger partial charge < -0.3 is 11.5 Å². The van der Waals surface area contributed by atoms with Crippen LogP contribution in [0.1, 0.15) is 50.2 Å². The second-order valence-electron chi connectivity index (χ2n) is 5.96. The Morgan fingerprint density at radius 2 is 1.71 bits per heavy atom. The van der Waals surface area contributed by atoms with Crippen molar-refractivity contribution in [2.45, 2.75) is 50.7 Å². The van der Waals surface area contributed by atoms with Gasteiger partial charge in [-0.15, -0.1) is 0 Å². The van der Waals surface area contributed by atoms with Crippen LogP contribution in [0.4, 0.5) is 13.2 Å². The van der Waals surface area contributed by atoms with Crippen molar-refractivity contribution in [1.82, 2.24) is 0 Å². The molecule has 0 aliphatic heterocycles. The summed E-state index contributed by atoms with van der Waals surface area (Å²) < 4.78 is 37.5. The van der Waals surface area contributed by atoms with E-state index in [9.17, 15) is 18.0 Å². The molecule has 1 rings (SSSR count). The molecule has 0 radical (unpaired) electrons. The molecule has 4 N–H and O–H groups in total. The van der Waals surface area contributed by atoms with Crippen LogP contribution in [-0.4, -0.2) is 11.4 Å². The summed E-state index contributed by atoms with van der Waals surface area (Å²) in [5.41, 5.74) is 10.6. The van der Waals surface area contributed by atoms with Crippen LogP contribution in [0.5, 0.6) is 0 Å². The van der Waals surface area contributed by atoms with Crippen molar-refractivity contribution in [2.24, 2.45) is 11.5 Å². The number of nitrogens with two attached hydrogens (primary N) is 2. The fraction of sp³-hybridized carbons (Fsp3) is 0.533. The summed E-state index contributed by atoms with van der Waals surface area (Å²) in [5, 5.41) is 0. The minimum Gasteiger partial charge on any atom is -0.369 e. The fourth-order valence-electron chi connectivity index (χ4n) is 2.14. The van der Waals surface area contributed by atoms with Crippen LogP contribution in [0, 0.1) is 0 Å². The van der Waals surface area contributed by atoms with Gasteiger partial charge in [0.2, 0.25) is 5.91 Å². The van der Waals surface area contributed by atoms with E-state index in [1.54, 1.807) is 0 Å². The number of alkyl halides is 3. The average Bonchev–Trinajstić information content (AvgIpc) is 2.32. The Morgan fingerprint density at radius 3 is 2.10 bits per heavy atom. The number of hydrogen-bond donors (Lipinski definition) is 2. The molecule has 0 aliphatic rings. The van der Waals surface area contributed by atoms with Gasteiger partial charge in [-0.1, -0.05) is 18.6 Å². The molecule has 0 spiro atoms. The van der Waals surface area contributed by atoms with Gasteiger partial charge in [0.05, 0.1) is 11.5 Å². The highest BCUT2D eigenvalue weighted by molar-refractivity contribution is 5.81. The minimum absolute atomic E-state index is 0.345. The molecule has 1 aromatic carbocycles. The van der Waals surface area contributed by atoms with E-state index in [2.05, 4.69) is 0 Å². The second kappa shape index (κ2) is 6.47. The molecule has 0 fully saturated rings. The zero-order chi connectivity index (χ0) is 16.3. The average molecular weight is 302 g/mol. The van der Waals surface area contributed by atoms with Gasteiger partial charge in [-0.2, -0.15) is 13.2 Å². The first-order chi connectivity index (χ1) is 9.50. The van der Waals surface area contributed by atoms with E-state index in [0.717, 1.165) is 12.1 Å². The smallest absolute Gasteiger partial charge is 0.369 e. The van der Waals surface area contributed by atoms with Crippen molar-refractivity contribution in [2.75, 3.05) is 0 Å². The Kier molecular flexibility index (Phi) is 5.39. The van der Waals surface area contributed by atoms with Crippen LogP contribution in [-0.2, 0) is 11.0 Å². The number of rotatable bonds is 6. The van der Waals surface area contributed by atoms with E-state index < -0.39 is 23.6 Å². The van der Waals surface area contributed by atoms with Gasteiger partial charge in [-0.25, -0.2) is 0 Å². The Hall–Kier alpha value is -1.56. The number of benzene rings is 1. The molecule has 6 heteroatoms. The number of carbonyl (C=O) groups excluding carboxylic acids is 1. The monoisotopic (exact) mass is 302 g/mol. The molecule has 3 nitrogen and oxygen atoms in total. The van der Waals surface area contributed by atoms with Gasteiger partial charge in [0.25, 0.3) is 0 Å². The number of carbonyl (C=O) groups is 1. The van der Waals surface area contributed by atoms with Crippen LogP contribution in [0.15, 0.2) is 24.3 Å². The Bertz CT molecular complexity index is 475. The van der Waals surface area contributed by atoms with Crippen LogP contribution in [0.2, 0.25) is 0 Å². The van der Waals surface area contributed by atoms with Gasteiger partial charge in [0.1, 0.15) is 0 Å². The first kappa shape index (κ1) is 17.5. The lowest BCUT2D eigenvalue weighted by molar-refractivity contribution is -0.137. The Balaban J connectivity index is 2.80. The second-order valence-corrected chi connectivity index (χ2v) is 5.96. The summed E-state index contributed by atoms with van der Waals surface area (Å²) in [4.78, 5) is 11.5. The van der Waals surface area contributed by atoms with Gasteiger partial charge in [-0.3, -0.25) is 4.79 Å². The van der Waals surface area contributed by atoms with Gasteiger partial charge in [0, 0.05) is 5.54 Å². The predicted molar refractivity (Wildman–Crippen MR) is 75.5 cm³/mol. The maximum atomic E-state index is 12.5. The molecular formula is C15H21F3N2O. The summed E-state index contributed by atoms with van der Waals surface area (Å²) in [6.07, 6.45) is -2.53. The first-order valence-corrected chi connectivity index (χ1v) is 6.76. The van der Waals surface area contributed by atoms with Crippen molar-refractivity contribution < 1.29 is 18.0 Å². The highest BCUT2D eigenvalue weighted by Crippen LogP contribution is 2.31. The molecule has 1 atom stereocenters. The summed E-state index contributed by atoms with van der Waals surface area (Å²) in [7, 11) is 0. The highest BCUT2D eigenvalue weighted by Gasteiger charge is 2.30. The number of hydrogen-bond acceptors (Lipinski definition) is 2. The van der Waals surface area contributed by atoms with Crippen LogP contribution >= 0.6 is 0 Å². The van der Waals surface area contributed by atoms with Crippen molar-refractivity contribution in [1.29, 1.82) is 0 Å². The van der Waals surface area contributed by atoms with Gasteiger partial charge in [0.15, 0.2) is 0 Å². The van der Waals surface area contributed by atoms with Crippen molar-refractivity contribution >= 4 is 5.91 Å². The van der Waals surface area contributed by atoms with E-state index in [0.29, 0.717) is 24.8 Å². The molecule has 21 heavy (non-hydrogen) atoms. The largest absolute Gasteiger partial charge is 0.416 e. The number of primary amides is 1. The summed E-state index contributed by atoms with van der Waals surface area (Å²) in [5.74, 6) is -1.13. The van der Waals surface area contributed by atoms with E-state index in [1.807, 2.05) is 13.8 Å². The summed E-state index contributed by atoms with van der Waals surface area (Å²) >= 11 is 0. The SMILES string of the molecule is CC(C)(N)CCC[C@@H](C(N)=O)c1ccc(C(F)(F)F)cc1. The zero-order valence-electron chi connectivity index (χ0n) is 12.2. The van der Waals surface area contributed by atoms with E-state index in [-0.39, 0.29) is 5.54 Å². The summed E-state index contributed by atoms with van der Waals surface area (Å²) in [6, 6.07) is 4.56. The Morgan fingerprint density at radius 1 is 1.19 bits per heavy atom. The number of amides is 1. The normalized spacial score (nSPS) is 14.0. The van der Waals surface area contributed by atoms with E-state index in [4.69, 9.17) is 11.5 Å². The zero-order valence-corrected chi connectivity index (χ0v) is 12.2. The number of halogens is 3. The van der Waals surface area contributed by atoms with Crippen LogP contribution in [0.3, 0.4) is 0 Å². The highest BCUT2D eigenvalue weighted by atomic mass is 19.4. The third-order valence-corrected chi connectivity index (χ3v) is 3.30. The van der Waals surface area contributed by atoms with E-state index >= 15 is 0 Å². The van der Waals surface area contributed by atoms with Crippen molar-refractivity contribution in [3.8, 4) is 0 Å². The van der Waals surface area contributed by atoms with Crippen LogP contribution < -0.4 is 11.5 Å².